The molecule has 0 saturated heterocycles. The van der Waals surface area contributed by atoms with Gasteiger partial charge in [0.05, 0.1) is 17.8 Å². The first kappa shape index (κ1) is 16.6. The number of hydrogen-bond donors (Lipinski definition) is 1. The highest BCUT2D eigenvalue weighted by Crippen LogP contribution is 2.44. The largest absolute Gasteiger partial charge is 0.322 e. The molecule has 0 aromatic heterocycles. The van der Waals surface area contributed by atoms with E-state index in [-0.39, 0.29) is 5.91 Å². The number of amides is 1. The van der Waals surface area contributed by atoms with Gasteiger partial charge in [-0.1, -0.05) is 54.9 Å². The minimum atomic E-state index is -0.0852. The molecule has 2 aliphatic heterocycles. The second kappa shape index (κ2) is 6.89. The lowest BCUT2D eigenvalue weighted by Gasteiger charge is -2.32. The molecule has 1 N–H and O–H groups in total. The summed E-state index contributed by atoms with van der Waals surface area (Å²) in [5.74, 6) is -0.0852. The molecule has 1 saturated carbocycles. The molecule has 1 fully saturated rings. The number of fused-ring (bicyclic) bond motifs is 3. The molecular formula is C22H21N3OS. The molecule has 4 nitrogen and oxygen atoms in total. The highest BCUT2D eigenvalue weighted by molar-refractivity contribution is 8.16. The Balaban J connectivity index is 1.32. The molecule has 2 atom stereocenters. The van der Waals surface area contributed by atoms with Gasteiger partial charge in [-0.15, -0.1) is 0 Å². The fourth-order valence-electron chi connectivity index (χ4n) is 4.15. The van der Waals surface area contributed by atoms with Crippen molar-refractivity contribution in [3.8, 4) is 0 Å². The van der Waals surface area contributed by atoms with Gasteiger partial charge in [0.1, 0.15) is 0 Å². The standard InChI is InChI=1S/C22H21N3OS/c26-21(16-6-2-1-3-7-16)23-17-12-10-15(11-13-17)20-14-27-22-24-18-8-4-5-9-19(18)25(20)22/h1-3,6-7,10-14,18-19H,4-5,8-9H2,(H,23,26)/t18-,19-/m1/s1. The first-order valence-corrected chi connectivity index (χ1v) is 10.4. The third-order valence-electron chi connectivity index (χ3n) is 5.52. The molecule has 3 aliphatic rings. The molecule has 0 bridgehead atoms. The van der Waals surface area contributed by atoms with Crippen LogP contribution in [0.25, 0.3) is 5.70 Å². The maximum absolute atomic E-state index is 12.3. The number of benzene rings is 2. The van der Waals surface area contributed by atoms with Crippen LogP contribution in [0.5, 0.6) is 0 Å². The van der Waals surface area contributed by atoms with E-state index < -0.39 is 0 Å². The predicted octanol–water partition coefficient (Wildman–Crippen LogP) is 4.97. The summed E-state index contributed by atoms with van der Waals surface area (Å²) in [5, 5.41) is 6.33. The zero-order valence-corrected chi connectivity index (χ0v) is 15.8. The molecule has 2 aromatic carbocycles. The average Bonchev–Trinajstić information content (AvgIpc) is 3.29. The van der Waals surface area contributed by atoms with E-state index in [1.165, 1.54) is 36.9 Å². The van der Waals surface area contributed by atoms with Crippen molar-refractivity contribution in [2.75, 3.05) is 5.32 Å². The van der Waals surface area contributed by atoms with Gasteiger partial charge in [-0.25, -0.2) is 0 Å². The van der Waals surface area contributed by atoms with Gasteiger partial charge in [-0.05, 0) is 42.7 Å². The fraction of sp³-hybridized carbons (Fsp3) is 0.273. The summed E-state index contributed by atoms with van der Waals surface area (Å²) < 4.78 is 0. The average molecular weight is 375 g/mol. The van der Waals surface area contributed by atoms with Crippen molar-refractivity contribution in [2.45, 2.75) is 37.8 Å². The lowest BCUT2D eigenvalue weighted by molar-refractivity contribution is 0.102. The monoisotopic (exact) mass is 375 g/mol. The molecule has 2 heterocycles. The molecule has 2 aromatic rings. The Kier molecular flexibility index (Phi) is 4.24. The lowest BCUT2D eigenvalue weighted by atomic mass is 9.90. The third-order valence-corrected chi connectivity index (χ3v) is 6.37. The van der Waals surface area contributed by atoms with Gasteiger partial charge in [0, 0.05) is 16.7 Å². The van der Waals surface area contributed by atoms with Crippen molar-refractivity contribution < 1.29 is 4.79 Å². The maximum Gasteiger partial charge on any atom is 0.255 e. The molecule has 136 valence electrons. The van der Waals surface area contributed by atoms with Gasteiger partial charge in [0.25, 0.3) is 5.91 Å². The van der Waals surface area contributed by atoms with Crippen molar-refractivity contribution in [1.29, 1.82) is 0 Å². The summed E-state index contributed by atoms with van der Waals surface area (Å²) in [4.78, 5) is 19.7. The van der Waals surface area contributed by atoms with Gasteiger partial charge >= 0.3 is 0 Å². The highest BCUT2D eigenvalue weighted by atomic mass is 32.2. The number of hydrogen-bond acceptors (Lipinski definition) is 4. The lowest BCUT2D eigenvalue weighted by Crippen LogP contribution is -2.38. The molecule has 0 spiro atoms. The fourth-order valence-corrected chi connectivity index (χ4v) is 5.16. The maximum atomic E-state index is 12.3. The van der Waals surface area contributed by atoms with Crippen molar-refractivity contribution in [2.24, 2.45) is 4.99 Å². The Morgan fingerprint density at radius 2 is 1.81 bits per heavy atom. The molecule has 0 unspecified atom stereocenters. The smallest absolute Gasteiger partial charge is 0.255 e. The van der Waals surface area contributed by atoms with Crippen LogP contribution in [0.1, 0.15) is 41.6 Å². The topological polar surface area (TPSA) is 44.7 Å². The summed E-state index contributed by atoms with van der Waals surface area (Å²) in [5.41, 5.74) is 3.90. The van der Waals surface area contributed by atoms with Crippen LogP contribution < -0.4 is 5.32 Å². The van der Waals surface area contributed by atoms with Crippen LogP contribution in [0.4, 0.5) is 5.69 Å². The summed E-state index contributed by atoms with van der Waals surface area (Å²) in [6, 6.07) is 18.4. The molecule has 27 heavy (non-hydrogen) atoms. The van der Waals surface area contributed by atoms with E-state index in [0.717, 1.165) is 10.9 Å². The van der Waals surface area contributed by atoms with Gasteiger partial charge in [0.15, 0.2) is 5.17 Å². The number of thioether (sulfide) groups is 1. The number of amidine groups is 1. The van der Waals surface area contributed by atoms with Gasteiger partial charge in [-0.2, -0.15) is 0 Å². The predicted molar refractivity (Wildman–Crippen MR) is 112 cm³/mol. The van der Waals surface area contributed by atoms with Gasteiger partial charge < -0.3 is 10.2 Å². The van der Waals surface area contributed by atoms with Crippen molar-refractivity contribution in [3.05, 3.63) is 71.1 Å². The Labute approximate surface area is 163 Å². The first-order valence-electron chi connectivity index (χ1n) is 9.50. The quantitative estimate of drug-likeness (QED) is 0.824. The number of nitrogens with zero attached hydrogens (tertiary/aromatic N) is 2. The number of aliphatic imine (C=N–C) groups is 1. The Morgan fingerprint density at radius 1 is 1.04 bits per heavy atom. The molecule has 0 radical (unpaired) electrons. The van der Waals surface area contributed by atoms with Crippen LogP contribution >= 0.6 is 11.8 Å². The first-order chi connectivity index (χ1) is 13.3. The SMILES string of the molecule is O=C(Nc1ccc(C2=CSC3=N[C@@H]4CCCC[C@H]4N23)cc1)c1ccccc1. The summed E-state index contributed by atoms with van der Waals surface area (Å²) in [6.07, 6.45) is 5.03. The Morgan fingerprint density at radius 3 is 2.63 bits per heavy atom. The third kappa shape index (κ3) is 3.06. The molecule has 1 amide bonds. The molecule has 5 rings (SSSR count). The minimum absolute atomic E-state index is 0.0852. The Hall–Kier alpha value is -2.53. The van der Waals surface area contributed by atoms with Crippen molar-refractivity contribution >= 4 is 34.2 Å². The number of rotatable bonds is 3. The van der Waals surface area contributed by atoms with Crippen molar-refractivity contribution in [1.82, 2.24) is 4.90 Å². The van der Waals surface area contributed by atoms with E-state index in [0.29, 0.717) is 17.6 Å². The number of nitrogens with one attached hydrogen (secondary N) is 1. The summed E-state index contributed by atoms with van der Waals surface area (Å²) >= 11 is 1.74. The van der Waals surface area contributed by atoms with E-state index in [1.54, 1.807) is 11.8 Å². The van der Waals surface area contributed by atoms with Crippen LogP contribution in [0, 0.1) is 0 Å². The van der Waals surface area contributed by atoms with Gasteiger partial charge in [-0.3, -0.25) is 9.79 Å². The van der Waals surface area contributed by atoms with E-state index in [4.69, 9.17) is 4.99 Å². The minimum Gasteiger partial charge on any atom is -0.322 e. The van der Waals surface area contributed by atoms with E-state index in [1.807, 2.05) is 42.5 Å². The zero-order chi connectivity index (χ0) is 18.2. The molecule has 1 aliphatic carbocycles. The van der Waals surface area contributed by atoms with Crippen LogP contribution in [-0.2, 0) is 0 Å². The molecule has 5 heteroatoms. The zero-order valence-electron chi connectivity index (χ0n) is 15.0. The number of carbonyl (C=O) groups excluding carboxylic acids is 1. The summed E-state index contributed by atoms with van der Waals surface area (Å²) in [6.45, 7) is 0. The van der Waals surface area contributed by atoms with E-state index in [2.05, 4.69) is 27.8 Å². The van der Waals surface area contributed by atoms with Crippen LogP contribution in [-0.4, -0.2) is 28.1 Å². The Bertz CT molecular complexity index is 920. The van der Waals surface area contributed by atoms with Crippen LogP contribution in [0.2, 0.25) is 0 Å². The molecular weight excluding hydrogens is 354 g/mol. The highest BCUT2D eigenvalue weighted by Gasteiger charge is 2.42. The van der Waals surface area contributed by atoms with Crippen LogP contribution in [0.15, 0.2) is 65.0 Å². The normalized spacial score (nSPS) is 23.3. The number of carbonyl (C=O) groups is 1. The second-order valence-corrected chi connectivity index (χ2v) is 8.06. The summed E-state index contributed by atoms with van der Waals surface area (Å²) in [7, 11) is 0. The van der Waals surface area contributed by atoms with Crippen LogP contribution in [0.3, 0.4) is 0 Å². The number of anilines is 1. The van der Waals surface area contributed by atoms with E-state index in [9.17, 15) is 4.79 Å². The van der Waals surface area contributed by atoms with Crippen molar-refractivity contribution in [3.63, 3.8) is 0 Å². The van der Waals surface area contributed by atoms with Gasteiger partial charge in [0.2, 0.25) is 0 Å². The van der Waals surface area contributed by atoms with E-state index >= 15 is 0 Å². The second-order valence-electron chi connectivity index (χ2n) is 7.22.